The Morgan fingerprint density at radius 3 is 2.56 bits per heavy atom. The zero-order valence-corrected chi connectivity index (χ0v) is 16.8. The van der Waals surface area contributed by atoms with Crippen molar-refractivity contribution in [2.45, 2.75) is 0 Å². The number of nitrogens with zero attached hydrogens (tertiary/aromatic N) is 1. The summed E-state index contributed by atoms with van der Waals surface area (Å²) < 4.78 is 6.28. The molecule has 0 spiro atoms. The van der Waals surface area contributed by atoms with Crippen molar-refractivity contribution in [3.05, 3.63) is 85.4 Å². The maximum absolute atomic E-state index is 12.4. The summed E-state index contributed by atoms with van der Waals surface area (Å²) in [5.74, 6) is 0.388. The molecule has 0 amide bonds. The minimum absolute atomic E-state index is 0.119. The van der Waals surface area contributed by atoms with Gasteiger partial charge in [0.2, 0.25) is 5.90 Å². The lowest BCUT2D eigenvalue weighted by Gasteiger charge is -2.09. The van der Waals surface area contributed by atoms with Crippen LogP contribution in [0, 0.1) is 5.41 Å². The molecule has 136 valence electrons. The summed E-state index contributed by atoms with van der Waals surface area (Å²) in [6, 6.07) is 12.1. The van der Waals surface area contributed by atoms with Crippen LogP contribution in [0.2, 0.25) is 10.0 Å². The summed E-state index contributed by atoms with van der Waals surface area (Å²) in [5, 5.41) is 8.63. The lowest BCUT2D eigenvalue weighted by atomic mass is 10.0. The van der Waals surface area contributed by atoms with Crippen LogP contribution in [0.3, 0.4) is 0 Å². The topological polar surface area (TPSA) is 78.8 Å². The SMILES string of the molecule is N=C(/C=C\c1nc[nH]c(=O)c1-c1c(Cl)cccc1Cl)Oc1cccc(Br)c1. The number of H-pyrrole nitrogens is 1. The molecule has 0 bridgehead atoms. The van der Waals surface area contributed by atoms with Crippen LogP contribution in [0.4, 0.5) is 0 Å². The second-order valence-electron chi connectivity index (χ2n) is 5.35. The first-order chi connectivity index (χ1) is 13.0. The maximum atomic E-state index is 12.4. The van der Waals surface area contributed by atoms with Crippen LogP contribution >= 0.6 is 39.1 Å². The molecule has 0 aliphatic carbocycles. The number of hydrogen-bond donors (Lipinski definition) is 2. The molecule has 3 rings (SSSR count). The number of aromatic amines is 1. The monoisotopic (exact) mass is 463 g/mol. The third-order valence-corrected chi connectivity index (χ3v) is 4.63. The van der Waals surface area contributed by atoms with Gasteiger partial charge in [0.25, 0.3) is 5.56 Å². The molecule has 5 nitrogen and oxygen atoms in total. The van der Waals surface area contributed by atoms with Crippen molar-refractivity contribution in [1.29, 1.82) is 5.41 Å². The van der Waals surface area contributed by atoms with E-state index in [0.29, 0.717) is 27.1 Å². The van der Waals surface area contributed by atoms with Gasteiger partial charge in [-0.25, -0.2) is 4.98 Å². The van der Waals surface area contributed by atoms with Crippen LogP contribution in [0.1, 0.15) is 5.69 Å². The van der Waals surface area contributed by atoms with Crippen molar-refractivity contribution < 1.29 is 4.74 Å². The standard InChI is InChI=1S/C19H12BrCl2N3O2/c20-11-3-1-4-12(9-11)27-16(23)8-7-15-18(19(26)25-10-24-15)17-13(21)5-2-6-14(17)22/h1-10,23H,(H,24,25,26)/b8-7-,23-16?. The molecule has 0 unspecified atom stereocenters. The van der Waals surface area contributed by atoms with Gasteiger partial charge < -0.3 is 9.72 Å². The van der Waals surface area contributed by atoms with Gasteiger partial charge in [-0.15, -0.1) is 0 Å². The summed E-state index contributed by atoms with van der Waals surface area (Å²) in [6.07, 6.45) is 4.18. The van der Waals surface area contributed by atoms with Gasteiger partial charge in [0, 0.05) is 16.1 Å². The Labute approximate surface area is 173 Å². The Bertz CT molecular complexity index is 1080. The number of hydrogen-bond acceptors (Lipinski definition) is 4. The number of halogens is 3. The summed E-state index contributed by atoms with van der Waals surface area (Å²) >= 11 is 15.8. The average Bonchev–Trinajstić information content (AvgIpc) is 2.61. The largest absolute Gasteiger partial charge is 0.440 e. The van der Waals surface area contributed by atoms with E-state index in [-0.39, 0.29) is 17.0 Å². The molecular formula is C19H12BrCl2N3O2. The molecule has 0 saturated heterocycles. The zero-order valence-electron chi connectivity index (χ0n) is 13.7. The Morgan fingerprint density at radius 1 is 1.15 bits per heavy atom. The van der Waals surface area contributed by atoms with Gasteiger partial charge in [0.1, 0.15) is 5.75 Å². The van der Waals surface area contributed by atoms with Crippen molar-refractivity contribution in [1.82, 2.24) is 9.97 Å². The van der Waals surface area contributed by atoms with Gasteiger partial charge in [0.15, 0.2) is 0 Å². The van der Waals surface area contributed by atoms with Crippen LogP contribution in [0.5, 0.6) is 5.75 Å². The fourth-order valence-corrected chi connectivity index (χ4v) is 3.33. The Hall–Kier alpha value is -2.41. The smallest absolute Gasteiger partial charge is 0.259 e. The molecule has 1 aromatic heterocycles. The molecule has 0 radical (unpaired) electrons. The van der Waals surface area contributed by atoms with Gasteiger partial charge in [-0.1, -0.05) is 51.3 Å². The Kier molecular flexibility index (Phi) is 6.11. The Balaban J connectivity index is 1.94. The first-order valence-electron chi connectivity index (χ1n) is 7.68. The molecule has 0 aliphatic rings. The highest BCUT2D eigenvalue weighted by Crippen LogP contribution is 2.34. The van der Waals surface area contributed by atoms with Gasteiger partial charge in [-0.3, -0.25) is 10.2 Å². The lowest BCUT2D eigenvalue weighted by Crippen LogP contribution is -2.12. The highest BCUT2D eigenvalue weighted by molar-refractivity contribution is 9.10. The third-order valence-electron chi connectivity index (χ3n) is 3.51. The number of aromatic nitrogens is 2. The van der Waals surface area contributed by atoms with Crippen LogP contribution in [0.15, 0.2) is 64.1 Å². The molecule has 3 aromatic rings. The molecule has 0 saturated carbocycles. The first-order valence-corrected chi connectivity index (χ1v) is 9.22. The summed E-state index contributed by atoms with van der Waals surface area (Å²) in [4.78, 5) is 19.1. The van der Waals surface area contributed by atoms with Gasteiger partial charge in [-0.2, -0.15) is 0 Å². The van der Waals surface area contributed by atoms with E-state index in [1.54, 1.807) is 36.4 Å². The van der Waals surface area contributed by atoms with E-state index in [9.17, 15) is 4.79 Å². The van der Waals surface area contributed by atoms with Crippen molar-refractivity contribution in [2.75, 3.05) is 0 Å². The highest BCUT2D eigenvalue weighted by atomic mass is 79.9. The van der Waals surface area contributed by atoms with Crippen LogP contribution in [-0.2, 0) is 0 Å². The molecule has 2 N–H and O–H groups in total. The first kappa shape index (κ1) is 19.4. The van der Waals surface area contributed by atoms with E-state index in [1.807, 2.05) is 6.07 Å². The van der Waals surface area contributed by atoms with E-state index in [4.69, 9.17) is 33.3 Å². The molecule has 0 aliphatic heterocycles. The normalized spacial score (nSPS) is 10.9. The number of rotatable bonds is 4. The summed E-state index contributed by atoms with van der Waals surface area (Å²) in [7, 11) is 0. The zero-order chi connectivity index (χ0) is 19.4. The number of ether oxygens (including phenoxy) is 1. The fourth-order valence-electron chi connectivity index (χ4n) is 2.36. The molecule has 27 heavy (non-hydrogen) atoms. The van der Waals surface area contributed by atoms with Gasteiger partial charge >= 0.3 is 0 Å². The van der Waals surface area contributed by atoms with Crippen LogP contribution < -0.4 is 10.3 Å². The van der Waals surface area contributed by atoms with E-state index < -0.39 is 0 Å². The minimum atomic E-state index is -0.390. The van der Waals surface area contributed by atoms with E-state index in [0.717, 1.165) is 4.47 Å². The molecule has 0 atom stereocenters. The van der Waals surface area contributed by atoms with Crippen molar-refractivity contribution >= 4 is 51.1 Å². The highest BCUT2D eigenvalue weighted by Gasteiger charge is 2.16. The molecular weight excluding hydrogens is 453 g/mol. The summed E-state index contributed by atoms with van der Waals surface area (Å²) in [6.45, 7) is 0. The van der Waals surface area contributed by atoms with E-state index >= 15 is 0 Å². The predicted octanol–water partition coefficient (Wildman–Crippen LogP) is 5.58. The number of nitrogens with one attached hydrogen (secondary N) is 2. The fraction of sp³-hybridized carbons (Fsp3) is 0. The summed E-state index contributed by atoms with van der Waals surface area (Å²) in [5.41, 5.74) is 0.532. The Morgan fingerprint density at radius 2 is 1.85 bits per heavy atom. The molecule has 1 heterocycles. The van der Waals surface area contributed by atoms with E-state index in [1.165, 1.54) is 18.5 Å². The van der Waals surface area contributed by atoms with Gasteiger partial charge in [0.05, 0.1) is 27.6 Å². The second kappa shape index (κ2) is 8.52. The number of benzene rings is 2. The predicted molar refractivity (Wildman–Crippen MR) is 112 cm³/mol. The van der Waals surface area contributed by atoms with Crippen molar-refractivity contribution in [2.24, 2.45) is 0 Å². The third kappa shape index (κ3) is 4.66. The van der Waals surface area contributed by atoms with E-state index in [2.05, 4.69) is 25.9 Å². The maximum Gasteiger partial charge on any atom is 0.259 e. The van der Waals surface area contributed by atoms with Crippen LogP contribution in [0.25, 0.3) is 17.2 Å². The molecule has 8 heteroatoms. The minimum Gasteiger partial charge on any atom is -0.440 e. The molecule has 2 aromatic carbocycles. The average molecular weight is 465 g/mol. The quantitative estimate of drug-likeness (QED) is 0.391. The lowest BCUT2D eigenvalue weighted by molar-refractivity contribution is 0.550. The van der Waals surface area contributed by atoms with Crippen molar-refractivity contribution in [3.8, 4) is 16.9 Å². The van der Waals surface area contributed by atoms with Crippen LogP contribution in [-0.4, -0.2) is 15.9 Å². The van der Waals surface area contributed by atoms with Crippen molar-refractivity contribution in [3.63, 3.8) is 0 Å². The van der Waals surface area contributed by atoms with Gasteiger partial charge in [-0.05, 0) is 36.4 Å². The second-order valence-corrected chi connectivity index (χ2v) is 7.08. The molecule has 0 fully saturated rings.